The van der Waals surface area contributed by atoms with Gasteiger partial charge in [-0.2, -0.15) is 0 Å². The van der Waals surface area contributed by atoms with Gasteiger partial charge in [-0.25, -0.2) is 0 Å². The highest BCUT2D eigenvalue weighted by atomic mass is 32.2. The molecule has 0 radical (unpaired) electrons. The molecule has 1 N–H and O–H groups in total. The molecule has 1 aliphatic heterocycles. The molecule has 2 fully saturated rings. The van der Waals surface area contributed by atoms with Crippen LogP contribution in [-0.4, -0.2) is 45.6 Å². The molecule has 0 aromatic carbocycles. The first-order valence-electron chi connectivity index (χ1n) is 9.20. The van der Waals surface area contributed by atoms with Crippen molar-refractivity contribution in [1.29, 1.82) is 0 Å². The van der Waals surface area contributed by atoms with Gasteiger partial charge < -0.3 is 10.2 Å². The Morgan fingerprint density at radius 1 is 1.21 bits per heavy atom. The van der Waals surface area contributed by atoms with Crippen LogP contribution < -0.4 is 10.2 Å². The second-order valence-corrected chi connectivity index (χ2v) is 8.64. The predicted octanol–water partition coefficient (Wildman–Crippen LogP) is 2.86. The number of nitrogens with one attached hydrogen (secondary N) is 1. The first-order chi connectivity index (χ1) is 11.6. The van der Waals surface area contributed by atoms with Gasteiger partial charge in [0.05, 0.1) is 5.25 Å². The summed E-state index contributed by atoms with van der Waals surface area (Å²) < 4.78 is 2.28. The van der Waals surface area contributed by atoms with Crippen molar-refractivity contribution in [3.63, 3.8) is 0 Å². The lowest BCUT2D eigenvalue weighted by Gasteiger charge is -2.28. The van der Waals surface area contributed by atoms with E-state index in [9.17, 15) is 4.79 Å². The number of aromatic nitrogens is 3. The fourth-order valence-corrected chi connectivity index (χ4v) is 3.91. The van der Waals surface area contributed by atoms with Gasteiger partial charge in [-0.15, -0.1) is 10.2 Å². The van der Waals surface area contributed by atoms with Crippen LogP contribution in [0.15, 0.2) is 5.16 Å². The number of piperidine rings is 1. The highest BCUT2D eigenvalue weighted by molar-refractivity contribution is 8.00. The lowest BCUT2D eigenvalue weighted by Crippen LogP contribution is -2.34. The van der Waals surface area contributed by atoms with Crippen LogP contribution in [0.1, 0.15) is 58.9 Å². The SMILES string of the molecule is CC(C)CNC(=O)C(C)Sc1nnc(N2CCCCC2)n1C1CC1. The minimum Gasteiger partial charge on any atom is -0.355 e. The van der Waals surface area contributed by atoms with E-state index in [1.54, 1.807) is 0 Å². The summed E-state index contributed by atoms with van der Waals surface area (Å²) in [5, 5.41) is 12.6. The zero-order chi connectivity index (χ0) is 17.1. The number of nitrogens with zero attached hydrogens (tertiary/aromatic N) is 4. The zero-order valence-electron chi connectivity index (χ0n) is 15.0. The zero-order valence-corrected chi connectivity index (χ0v) is 15.8. The Kier molecular flexibility index (Phi) is 5.69. The second kappa shape index (κ2) is 7.76. The molecule has 1 saturated heterocycles. The largest absolute Gasteiger partial charge is 0.355 e. The molecular formula is C17H29N5OS. The summed E-state index contributed by atoms with van der Waals surface area (Å²) in [5.74, 6) is 1.56. The van der Waals surface area contributed by atoms with E-state index in [-0.39, 0.29) is 11.2 Å². The van der Waals surface area contributed by atoms with Crippen LogP contribution in [-0.2, 0) is 4.79 Å². The Labute approximate surface area is 148 Å². The summed E-state index contributed by atoms with van der Waals surface area (Å²) in [4.78, 5) is 14.6. The third-order valence-corrected chi connectivity index (χ3v) is 5.59. The number of thioether (sulfide) groups is 1. The number of carbonyl (C=O) groups is 1. The third kappa shape index (κ3) is 4.23. The van der Waals surface area contributed by atoms with E-state index in [0.717, 1.165) is 30.7 Å². The van der Waals surface area contributed by atoms with E-state index in [1.807, 2.05) is 6.92 Å². The third-order valence-electron chi connectivity index (χ3n) is 4.53. The summed E-state index contributed by atoms with van der Waals surface area (Å²) in [7, 11) is 0. The van der Waals surface area contributed by atoms with Gasteiger partial charge in [-0.1, -0.05) is 25.6 Å². The van der Waals surface area contributed by atoms with E-state index in [0.29, 0.717) is 12.0 Å². The topological polar surface area (TPSA) is 63.1 Å². The minimum atomic E-state index is -0.153. The first-order valence-corrected chi connectivity index (χ1v) is 10.1. The Hall–Kier alpha value is -1.24. The highest BCUT2D eigenvalue weighted by Crippen LogP contribution is 2.41. The van der Waals surface area contributed by atoms with Crippen LogP contribution in [0.2, 0.25) is 0 Å². The summed E-state index contributed by atoms with van der Waals surface area (Å²) >= 11 is 1.53. The van der Waals surface area contributed by atoms with Gasteiger partial charge in [0.2, 0.25) is 11.9 Å². The van der Waals surface area contributed by atoms with Gasteiger partial charge in [0.25, 0.3) is 0 Å². The maximum Gasteiger partial charge on any atom is 0.233 e. The van der Waals surface area contributed by atoms with Gasteiger partial charge in [-0.3, -0.25) is 9.36 Å². The second-order valence-electron chi connectivity index (χ2n) is 7.33. The smallest absolute Gasteiger partial charge is 0.233 e. The molecular weight excluding hydrogens is 322 g/mol. The maximum absolute atomic E-state index is 12.3. The van der Waals surface area contributed by atoms with E-state index >= 15 is 0 Å². The lowest BCUT2D eigenvalue weighted by molar-refractivity contribution is -0.120. The average molecular weight is 352 g/mol. The number of anilines is 1. The molecule has 24 heavy (non-hydrogen) atoms. The van der Waals surface area contributed by atoms with Crippen molar-refractivity contribution in [1.82, 2.24) is 20.1 Å². The minimum absolute atomic E-state index is 0.0820. The van der Waals surface area contributed by atoms with Crippen molar-refractivity contribution in [2.24, 2.45) is 5.92 Å². The Morgan fingerprint density at radius 3 is 2.54 bits per heavy atom. The van der Waals surface area contributed by atoms with E-state index in [2.05, 4.69) is 38.8 Å². The molecule has 2 aliphatic rings. The summed E-state index contributed by atoms with van der Waals surface area (Å²) in [6.07, 6.45) is 6.16. The summed E-state index contributed by atoms with van der Waals surface area (Å²) in [6.45, 7) is 9.02. The summed E-state index contributed by atoms with van der Waals surface area (Å²) in [6, 6.07) is 0.519. The van der Waals surface area contributed by atoms with E-state index in [4.69, 9.17) is 0 Å². The van der Waals surface area contributed by atoms with Crippen molar-refractivity contribution in [2.45, 2.75) is 69.3 Å². The Morgan fingerprint density at radius 2 is 1.92 bits per heavy atom. The predicted molar refractivity (Wildman–Crippen MR) is 97.5 cm³/mol. The maximum atomic E-state index is 12.3. The molecule has 0 spiro atoms. The average Bonchev–Trinajstić information content (AvgIpc) is 3.34. The van der Waals surface area contributed by atoms with Crippen LogP contribution >= 0.6 is 11.8 Å². The highest BCUT2D eigenvalue weighted by Gasteiger charge is 2.33. The van der Waals surface area contributed by atoms with Crippen molar-refractivity contribution in [3.05, 3.63) is 0 Å². The number of carbonyl (C=O) groups excluding carboxylic acids is 1. The lowest BCUT2D eigenvalue weighted by atomic mass is 10.1. The Balaban J connectivity index is 1.69. The number of hydrogen-bond acceptors (Lipinski definition) is 5. The molecule has 2 heterocycles. The fraction of sp³-hybridized carbons (Fsp3) is 0.824. The van der Waals surface area contributed by atoms with Crippen LogP contribution in [0, 0.1) is 5.92 Å². The molecule has 1 aromatic rings. The standard InChI is InChI=1S/C17H29N5OS/c1-12(2)11-18-15(23)13(3)24-17-20-19-16(22(17)14-7-8-14)21-9-5-4-6-10-21/h12-14H,4-11H2,1-3H3,(H,18,23). The molecule has 1 unspecified atom stereocenters. The number of hydrogen-bond donors (Lipinski definition) is 1. The van der Waals surface area contributed by atoms with Crippen molar-refractivity contribution in [3.8, 4) is 0 Å². The number of rotatable bonds is 7. The monoisotopic (exact) mass is 351 g/mol. The molecule has 1 amide bonds. The molecule has 1 atom stereocenters. The molecule has 134 valence electrons. The van der Waals surface area contributed by atoms with Gasteiger partial charge >= 0.3 is 0 Å². The van der Waals surface area contributed by atoms with Gasteiger partial charge in [0.15, 0.2) is 5.16 Å². The van der Waals surface area contributed by atoms with Crippen molar-refractivity contribution < 1.29 is 4.79 Å². The van der Waals surface area contributed by atoms with Crippen LogP contribution in [0.3, 0.4) is 0 Å². The quantitative estimate of drug-likeness (QED) is 0.765. The summed E-state index contributed by atoms with van der Waals surface area (Å²) in [5.41, 5.74) is 0. The van der Waals surface area contributed by atoms with E-state index in [1.165, 1.54) is 43.9 Å². The van der Waals surface area contributed by atoms with Crippen molar-refractivity contribution >= 4 is 23.6 Å². The normalized spacial score (nSPS) is 19.6. The van der Waals surface area contributed by atoms with Gasteiger partial charge in [0, 0.05) is 25.7 Å². The van der Waals surface area contributed by atoms with Crippen LogP contribution in [0.4, 0.5) is 5.95 Å². The van der Waals surface area contributed by atoms with Crippen LogP contribution in [0.5, 0.6) is 0 Å². The molecule has 3 rings (SSSR count). The fourth-order valence-electron chi connectivity index (χ4n) is 2.97. The number of amides is 1. The van der Waals surface area contributed by atoms with Gasteiger partial charge in [0.1, 0.15) is 0 Å². The molecule has 1 aromatic heterocycles. The Bertz CT molecular complexity index is 563. The molecule has 1 saturated carbocycles. The first kappa shape index (κ1) is 17.6. The molecule has 6 nitrogen and oxygen atoms in total. The molecule has 7 heteroatoms. The van der Waals surface area contributed by atoms with Gasteiger partial charge in [-0.05, 0) is 44.9 Å². The van der Waals surface area contributed by atoms with E-state index < -0.39 is 0 Å². The van der Waals surface area contributed by atoms with Crippen LogP contribution in [0.25, 0.3) is 0 Å². The van der Waals surface area contributed by atoms with Crippen molar-refractivity contribution in [2.75, 3.05) is 24.5 Å². The molecule has 1 aliphatic carbocycles. The molecule has 0 bridgehead atoms.